The molecule has 6 nitrogen and oxygen atoms in total. The Hall–Kier alpha value is -3.76. The van der Waals surface area contributed by atoms with Crippen molar-refractivity contribution in [1.82, 2.24) is 10.6 Å². The first-order chi connectivity index (χ1) is 19.2. The van der Waals surface area contributed by atoms with Crippen LogP contribution in [0.25, 0.3) is 0 Å². The quantitative estimate of drug-likeness (QED) is 0.210. The number of ether oxygens (including phenoxy) is 2. The largest absolute Gasteiger partial charge is 0.493 e. The van der Waals surface area contributed by atoms with E-state index in [1.807, 2.05) is 36.4 Å². The predicted molar refractivity (Wildman–Crippen MR) is 157 cm³/mol. The van der Waals surface area contributed by atoms with Crippen LogP contribution >= 0.6 is 31.9 Å². The fourth-order valence-electron chi connectivity index (χ4n) is 3.49. The van der Waals surface area contributed by atoms with Crippen LogP contribution in [0, 0.1) is 11.6 Å². The van der Waals surface area contributed by atoms with Gasteiger partial charge < -0.3 is 20.1 Å². The molecular formula is C30H26Br2F2N2O4. The Balaban J connectivity index is 0.000000222. The highest BCUT2D eigenvalue weighted by Crippen LogP contribution is 2.27. The Labute approximate surface area is 248 Å². The second-order valence-corrected chi connectivity index (χ2v) is 9.97. The highest BCUT2D eigenvalue weighted by molar-refractivity contribution is 9.10. The molecule has 2 amide bonds. The number of nitrogens with one attached hydrogen (secondary N) is 2. The standard InChI is InChI=1S/C16H16BrNO3.C14H10BrF2NO/c1-20-14-8-7-11(9-15(14)21-2)10-18-16(19)12-5-3-4-6-13(12)17;15-11-4-2-1-3-10(11)14(19)18-8-9-5-6-12(16)13(17)7-9/h3-9H,10H2,1-2H3,(H,18,19);1-7H,8H2,(H,18,19). The number of methoxy groups -OCH3 is 2. The summed E-state index contributed by atoms with van der Waals surface area (Å²) < 4.78 is 37.6. The van der Waals surface area contributed by atoms with Crippen LogP contribution in [0.3, 0.4) is 0 Å². The van der Waals surface area contributed by atoms with E-state index in [0.29, 0.717) is 39.2 Å². The van der Waals surface area contributed by atoms with Crippen LogP contribution in [-0.4, -0.2) is 26.0 Å². The number of halogens is 4. The number of amides is 2. The number of hydrogen-bond acceptors (Lipinski definition) is 4. The zero-order valence-electron chi connectivity index (χ0n) is 21.6. The van der Waals surface area contributed by atoms with Gasteiger partial charge in [0, 0.05) is 22.0 Å². The van der Waals surface area contributed by atoms with Crippen LogP contribution in [0.5, 0.6) is 11.5 Å². The van der Waals surface area contributed by atoms with Gasteiger partial charge in [-0.3, -0.25) is 9.59 Å². The van der Waals surface area contributed by atoms with Gasteiger partial charge in [0.25, 0.3) is 11.8 Å². The van der Waals surface area contributed by atoms with E-state index in [0.717, 1.165) is 22.2 Å². The van der Waals surface area contributed by atoms with Crippen LogP contribution in [-0.2, 0) is 13.1 Å². The fraction of sp³-hybridized carbons (Fsp3) is 0.133. The first-order valence-electron chi connectivity index (χ1n) is 11.9. The van der Waals surface area contributed by atoms with Crippen molar-refractivity contribution in [2.75, 3.05) is 14.2 Å². The summed E-state index contributed by atoms with van der Waals surface area (Å²) in [5.41, 5.74) is 2.54. The van der Waals surface area contributed by atoms with Gasteiger partial charge in [0.15, 0.2) is 23.1 Å². The molecule has 0 radical (unpaired) electrons. The van der Waals surface area contributed by atoms with Crippen molar-refractivity contribution in [3.05, 3.63) is 128 Å². The molecule has 0 spiro atoms. The van der Waals surface area contributed by atoms with Gasteiger partial charge in [0.05, 0.1) is 25.3 Å². The summed E-state index contributed by atoms with van der Waals surface area (Å²) in [5, 5.41) is 5.52. The Morgan fingerprint density at radius 1 is 0.650 bits per heavy atom. The summed E-state index contributed by atoms with van der Waals surface area (Å²) in [4.78, 5) is 24.0. The lowest BCUT2D eigenvalue weighted by atomic mass is 10.1. The van der Waals surface area contributed by atoms with E-state index in [1.165, 1.54) is 6.07 Å². The second-order valence-electron chi connectivity index (χ2n) is 8.26. The van der Waals surface area contributed by atoms with Gasteiger partial charge >= 0.3 is 0 Å². The molecule has 0 fully saturated rings. The molecule has 0 atom stereocenters. The molecule has 4 aromatic carbocycles. The molecule has 0 saturated carbocycles. The Morgan fingerprint density at radius 2 is 1.12 bits per heavy atom. The molecule has 0 saturated heterocycles. The second kappa shape index (κ2) is 15.1. The lowest BCUT2D eigenvalue weighted by Crippen LogP contribution is -2.23. The smallest absolute Gasteiger partial charge is 0.252 e. The molecule has 0 heterocycles. The molecule has 10 heteroatoms. The average molecular weight is 676 g/mol. The van der Waals surface area contributed by atoms with Crippen LogP contribution in [0.1, 0.15) is 31.8 Å². The Morgan fingerprint density at radius 3 is 1.60 bits per heavy atom. The number of hydrogen-bond donors (Lipinski definition) is 2. The van der Waals surface area contributed by atoms with E-state index < -0.39 is 11.6 Å². The van der Waals surface area contributed by atoms with Gasteiger partial charge in [-0.1, -0.05) is 36.4 Å². The molecule has 0 unspecified atom stereocenters. The lowest BCUT2D eigenvalue weighted by molar-refractivity contribution is 0.0942. The van der Waals surface area contributed by atoms with Gasteiger partial charge in [-0.2, -0.15) is 0 Å². The molecule has 0 aliphatic heterocycles. The van der Waals surface area contributed by atoms with E-state index in [-0.39, 0.29) is 18.4 Å². The Bertz CT molecular complexity index is 1480. The van der Waals surface area contributed by atoms with Gasteiger partial charge in [0.1, 0.15) is 0 Å². The fourth-order valence-corrected chi connectivity index (χ4v) is 4.42. The van der Waals surface area contributed by atoms with Gasteiger partial charge in [0.2, 0.25) is 0 Å². The number of benzene rings is 4. The first-order valence-corrected chi connectivity index (χ1v) is 13.5. The van der Waals surface area contributed by atoms with E-state index in [9.17, 15) is 18.4 Å². The maximum absolute atomic E-state index is 13.0. The van der Waals surface area contributed by atoms with E-state index in [4.69, 9.17) is 9.47 Å². The minimum atomic E-state index is -0.923. The maximum atomic E-state index is 13.0. The van der Waals surface area contributed by atoms with Gasteiger partial charge in [-0.25, -0.2) is 8.78 Å². The minimum absolute atomic E-state index is 0.128. The van der Waals surface area contributed by atoms with Gasteiger partial charge in [-0.15, -0.1) is 0 Å². The SMILES string of the molecule is COc1ccc(CNC(=O)c2ccccc2Br)cc1OC.O=C(NCc1ccc(F)c(F)c1)c1ccccc1Br. The van der Waals surface area contributed by atoms with Crippen molar-refractivity contribution in [2.24, 2.45) is 0 Å². The monoisotopic (exact) mass is 674 g/mol. The van der Waals surface area contributed by atoms with Crippen molar-refractivity contribution < 1.29 is 27.8 Å². The molecule has 0 aromatic heterocycles. The minimum Gasteiger partial charge on any atom is -0.493 e. The molecule has 40 heavy (non-hydrogen) atoms. The molecule has 2 N–H and O–H groups in total. The van der Waals surface area contributed by atoms with Crippen LogP contribution < -0.4 is 20.1 Å². The summed E-state index contributed by atoms with van der Waals surface area (Å²) in [6, 6.07) is 23.4. The van der Waals surface area contributed by atoms with Crippen LogP contribution in [0.4, 0.5) is 8.78 Å². The normalized spacial score (nSPS) is 10.2. The zero-order valence-corrected chi connectivity index (χ0v) is 24.8. The molecule has 0 aliphatic rings. The number of carbonyl (C=O) groups excluding carboxylic acids is 2. The molecule has 208 valence electrons. The zero-order chi connectivity index (χ0) is 29.1. The molecule has 4 aromatic rings. The first kappa shape index (κ1) is 30.8. The van der Waals surface area contributed by atoms with E-state index in [2.05, 4.69) is 42.5 Å². The topological polar surface area (TPSA) is 76.7 Å². The molecule has 4 rings (SSSR count). The lowest BCUT2D eigenvalue weighted by Gasteiger charge is -2.11. The molecule has 0 aliphatic carbocycles. The summed E-state index contributed by atoms with van der Waals surface area (Å²) in [6.07, 6.45) is 0. The number of carbonyl (C=O) groups is 2. The summed E-state index contributed by atoms with van der Waals surface area (Å²) in [7, 11) is 3.17. The summed E-state index contributed by atoms with van der Waals surface area (Å²) in [5.74, 6) is -0.925. The van der Waals surface area contributed by atoms with Crippen LogP contribution in [0.15, 0.2) is 93.9 Å². The van der Waals surface area contributed by atoms with Crippen molar-refractivity contribution in [1.29, 1.82) is 0 Å². The third-order valence-electron chi connectivity index (χ3n) is 5.58. The molecule has 0 bridgehead atoms. The average Bonchev–Trinajstić information content (AvgIpc) is 2.97. The summed E-state index contributed by atoms with van der Waals surface area (Å²) >= 11 is 6.64. The van der Waals surface area contributed by atoms with Gasteiger partial charge in [-0.05, 0) is 91.5 Å². The van der Waals surface area contributed by atoms with Crippen molar-refractivity contribution in [3.8, 4) is 11.5 Å². The van der Waals surface area contributed by atoms with E-state index >= 15 is 0 Å². The predicted octanol–water partition coefficient (Wildman–Crippen LogP) is 7.05. The highest BCUT2D eigenvalue weighted by atomic mass is 79.9. The summed E-state index contributed by atoms with van der Waals surface area (Å²) in [6.45, 7) is 0.553. The maximum Gasteiger partial charge on any atom is 0.252 e. The number of rotatable bonds is 8. The third kappa shape index (κ3) is 8.62. The third-order valence-corrected chi connectivity index (χ3v) is 6.96. The molecular weight excluding hydrogens is 650 g/mol. The van der Waals surface area contributed by atoms with Crippen molar-refractivity contribution in [2.45, 2.75) is 13.1 Å². The van der Waals surface area contributed by atoms with Crippen LogP contribution in [0.2, 0.25) is 0 Å². The van der Waals surface area contributed by atoms with Crippen molar-refractivity contribution >= 4 is 43.7 Å². The highest BCUT2D eigenvalue weighted by Gasteiger charge is 2.11. The Kier molecular flexibility index (Phi) is 11.6. The van der Waals surface area contributed by atoms with Crippen molar-refractivity contribution in [3.63, 3.8) is 0 Å². The van der Waals surface area contributed by atoms with E-state index in [1.54, 1.807) is 44.6 Å².